The summed E-state index contributed by atoms with van der Waals surface area (Å²) in [5, 5.41) is 3.38. The maximum atomic E-state index is 11.3. The number of nitrogens with zero attached hydrogens (tertiary/aromatic N) is 1. The second-order valence-electron chi connectivity index (χ2n) is 4.12. The molecule has 1 saturated heterocycles. The molecule has 0 atom stereocenters. The fourth-order valence-electron chi connectivity index (χ4n) is 1.93. The van der Waals surface area contributed by atoms with Gasteiger partial charge in [-0.25, -0.2) is 0 Å². The zero-order chi connectivity index (χ0) is 13.1. The molecular formula is C12H14ClN3OS. The van der Waals surface area contributed by atoms with Crippen molar-refractivity contribution in [3.63, 3.8) is 0 Å². The number of anilines is 1. The highest BCUT2D eigenvalue weighted by Crippen LogP contribution is 2.24. The Morgan fingerprint density at radius 2 is 2.22 bits per heavy atom. The Morgan fingerprint density at radius 1 is 1.44 bits per heavy atom. The predicted octanol–water partition coefficient (Wildman–Crippen LogP) is 1.30. The molecule has 1 fully saturated rings. The van der Waals surface area contributed by atoms with Gasteiger partial charge in [0.25, 0.3) is 0 Å². The molecule has 0 spiro atoms. The Morgan fingerprint density at radius 3 is 2.89 bits per heavy atom. The van der Waals surface area contributed by atoms with Crippen LogP contribution in [0.15, 0.2) is 18.2 Å². The summed E-state index contributed by atoms with van der Waals surface area (Å²) in [6, 6.07) is 5.59. The van der Waals surface area contributed by atoms with Gasteiger partial charge in [-0.15, -0.1) is 0 Å². The molecule has 18 heavy (non-hydrogen) atoms. The first-order valence-corrected chi connectivity index (χ1v) is 6.47. The number of carbonyl (C=O) groups is 1. The van der Waals surface area contributed by atoms with E-state index in [9.17, 15) is 4.79 Å². The lowest BCUT2D eigenvalue weighted by molar-refractivity contribution is -0.120. The number of rotatable bonds is 2. The lowest BCUT2D eigenvalue weighted by Crippen LogP contribution is -2.28. The van der Waals surface area contributed by atoms with E-state index in [0.29, 0.717) is 35.1 Å². The molecule has 0 saturated carbocycles. The van der Waals surface area contributed by atoms with Crippen LogP contribution in [0.25, 0.3) is 0 Å². The quantitative estimate of drug-likeness (QED) is 0.804. The van der Waals surface area contributed by atoms with Crippen LogP contribution >= 0.6 is 23.8 Å². The number of amides is 1. The van der Waals surface area contributed by atoms with Crippen LogP contribution < -0.4 is 16.0 Å². The first-order valence-electron chi connectivity index (χ1n) is 5.69. The highest BCUT2D eigenvalue weighted by molar-refractivity contribution is 7.80. The van der Waals surface area contributed by atoms with Gasteiger partial charge in [0.1, 0.15) is 4.99 Å². The average Bonchev–Trinajstić information content (AvgIpc) is 2.53. The van der Waals surface area contributed by atoms with Crippen LogP contribution in [0.2, 0.25) is 5.02 Å². The second kappa shape index (κ2) is 5.54. The van der Waals surface area contributed by atoms with Gasteiger partial charge < -0.3 is 16.0 Å². The Kier molecular flexibility index (Phi) is 4.04. The minimum Gasteiger partial charge on any atom is -0.389 e. The van der Waals surface area contributed by atoms with Crippen LogP contribution in [0.5, 0.6) is 0 Å². The van der Waals surface area contributed by atoms with E-state index in [1.165, 1.54) is 0 Å². The van der Waals surface area contributed by atoms with Crippen molar-refractivity contribution >= 4 is 40.4 Å². The van der Waals surface area contributed by atoms with Gasteiger partial charge in [-0.05, 0) is 18.2 Å². The van der Waals surface area contributed by atoms with E-state index in [0.717, 1.165) is 12.2 Å². The van der Waals surface area contributed by atoms with Gasteiger partial charge in [-0.1, -0.05) is 23.8 Å². The van der Waals surface area contributed by atoms with Crippen LogP contribution in [0.3, 0.4) is 0 Å². The molecule has 0 radical (unpaired) electrons. The SMILES string of the molecule is NC(=S)c1ccc(N2CCNC(=O)CC2)cc1Cl. The van der Waals surface area contributed by atoms with Gasteiger partial charge in [-0.2, -0.15) is 0 Å². The van der Waals surface area contributed by atoms with Gasteiger partial charge in [0.2, 0.25) is 5.91 Å². The summed E-state index contributed by atoms with van der Waals surface area (Å²) in [5.74, 6) is 0.0864. The molecule has 2 rings (SSSR count). The number of thiocarbonyl (C=S) groups is 1. The predicted molar refractivity (Wildman–Crippen MR) is 77.2 cm³/mol. The Bertz CT molecular complexity index is 492. The normalized spacial score (nSPS) is 16.1. The third-order valence-corrected chi connectivity index (χ3v) is 3.43. The zero-order valence-corrected chi connectivity index (χ0v) is 11.4. The fourth-order valence-corrected chi connectivity index (χ4v) is 2.44. The number of carbonyl (C=O) groups excluding carboxylic acids is 1. The molecule has 0 bridgehead atoms. The minimum atomic E-state index is 0.0864. The van der Waals surface area contributed by atoms with E-state index in [2.05, 4.69) is 10.2 Å². The van der Waals surface area contributed by atoms with Crippen LogP contribution in [-0.4, -0.2) is 30.5 Å². The van der Waals surface area contributed by atoms with Crippen molar-refractivity contribution in [2.24, 2.45) is 5.73 Å². The molecule has 0 unspecified atom stereocenters. The van der Waals surface area contributed by atoms with E-state index < -0.39 is 0 Å². The standard InChI is InChI=1S/C12H14ClN3OS/c13-10-7-8(1-2-9(10)12(14)18)16-5-3-11(17)15-4-6-16/h1-2,7H,3-6H2,(H2,14,18)(H,15,17). The molecule has 3 N–H and O–H groups in total. The first kappa shape index (κ1) is 13.1. The van der Waals surface area contributed by atoms with Gasteiger partial charge in [0.05, 0.1) is 5.02 Å². The molecule has 1 aliphatic rings. The van der Waals surface area contributed by atoms with Crippen LogP contribution in [0.1, 0.15) is 12.0 Å². The minimum absolute atomic E-state index is 0.0864. The number of halogens is 1. The monoisotopic (exact) mass is 283 g/mol. The largest absolute Gasteiger partial charge is 0.389 e. The van der Waals surface area contributed by atoms with Crippen molar-refractivity contribution in [2.45, 2.75) is 6.42 Å². The van der Waals surface area contributed by atoms with E-state index >= 15 is 0 Å². The fraction of sp³-hybridized carbons (Fsp3) is 0.333. The summed E-state index contributed by atoms with van der Waals surface area (Å²) in [5.41, 5.74) is 7.23. The molecule has 1 amide bonds. The second-order valence-corrected chi connectivity index (χ2v) is 4.96. The number of benzene rings is 1. The summed E-state index contributed by atoms with van der Waals surface area (Å²) < 4.78 is 0. The van der Waals surface area contributed by atoms with E-state index in [1.54, 1.807) is 0 Å². The number of nitrogens with one attached hydrogen (secondary N) is 1. The van der Waals surface area contributed by atoms with Crippen molar-refractivity contribution in [1.82, 2.24) is 5.32 Å². The molecular weight excluding hydrogens is 270 g/mol. The summed E-state index contributed by atoms with van der Waals surface area (Å²) in [7, 11) is 0. The molecule has 0 aromatic heterocycles. The van der Waals surface area contributed by atoms with Gasteiger partial charge in [0, 0.05) is 37.3 Å². The maximum Gasteiger partial charge on any atom is 0.221 e. The van der Waals surface area contributed by atoms with E-state index in [1.807, 2.05) is 18.2 Å². The summed E-state index contributed by atoms with van der Waals surface area (Å²) >= 11 is 11.0. The lowest BCUT2D eigenvalue weighted by Gasteiger charge is -2.22. The smallest absolute Gasteiger partial charge is 0.221 e. The van der Waals surface area contributed by atoms with Crippen LogP contribution in [0.4, 0.5) is 5.69 Å². The van der Waals surface area contributed by atoms with E-state index in [-0.39, 0.29) is 5.91 Å². The molecule has 96 valence electrons. The molecule has 1 aromatic carbocycles. The van der Waals surface area contributed by atoms with Crippen LogP contribution in [0, 0.1) is 0 Å². The van der Waals surface area contributed by atoms with Crippen molar-refractivity contribution in [1.29, 1.82) is 0 Å². The van der Waals surface area contributed by atoms with Crippen molar-refractivity contribution in [3.05, 3.63) is 28.8 Å². The number of hydrogen-bond donors (Lipinski definition) is 2. The Labute approximate surface area is 116 Å². The third-order valence-electron chi connectivity index (χ3n) is 2.90. The molecule has 0 aliphatic carbocycles. The Balaban J connectivity index is 2.20. The number of nitrogens with two attached hydrogens (primary N) is 1. The summed E-state index contributed by atoms with van der Waals surface area (Å²) in [4.78, 5) is 13.7. The summed E-state index contributed by atoms with van der Waals surface area (Å²) in [6.07, 6.45) is 0.495. The highest BCUT2D eigenvalue weighted by atomic mass is 35.5. The maximum absolute atomic E-state index is 11.3. The molecule has 1 aromatic rings. The van der Waals surface area contributed by atoms with Gasteiger partial charge in [-0.3, -0.25) is 4.79 Å². The molecule has 1 aliphatic heterocycles. The number of hydrogen-bond acceptors (Lipinski definition) is 3. The zero-order valence-electron chi connectivity index (χ0n) is 9.78. The molecule has 4 nitrogen and oxygen atoms in total. The van der Waals surface area contributed by atoms with Crippen molar-refractivity contribution < 1.29 is 4.79 Å². The lowest BCUT2D eigenvalue weighted by atomic mass is 10.2. The topological polar surface area (TPSA) is 58.4 Å². The summed E-state index contributed by atoms with van der Waals surface area (Å²) in [6.45, 7) is 2.11. The Hall–Kier alpha value is -1.33. The van der Waals surface area contributed by atoms with Crippen molar-refractivity contribution in [2.75, 3.05) is 24.5 Å². The third kappa shape index (κ3) is 2.91. The first-order chi connectivity index (χ1) is 8.58. The van der Waals surface area contributed by atoms with E-state index in [4.69, 9.17) is 29.6 Å². The van der Waals surface area contributed by atoms with Crippen LogP contribution in [-0.2, 0) is 4.79 Å². The highest BCUT2D eigenvalue weighted by Gasteiger charge is 2.15. The molecule has 6 heteroatoms. The van der Waals surface area contributed by atoms with Crippen molar-refractivity contribution in [3.8, 4) is 0 Å². The average molecular weight is 284 g/mol. The molecule has 1 heterocycles. The van der Waals surface area contributed by atoms with Gasteiger partial charge >= 0.3 is 0 Å². The van der Waals surface area contributed by atoms with Gasteiger partial charge in [0.15, 0.2) is 0 Å².